The number of methoxy groups -OCH3 is 4. The number of rotatable bonds is 20. The maximum atomic E-state index is 15.6. The third-order valence-corrected chi connectivity index (χ3v) is 20.6. The lowest BCUT2D eigenvalue weighted by molar-refractivity contribution is -0.187. The van der Waals surface area contributed by atoms with Gasteiger partial charge in [0.05, 0.1) is 74.8 Å². The molecule has 460 valence electrons. The van der Waals surface area contributed by atoms with Gasteiger partial charge >= 0.3 is 12.4 Å². The second-order valence-corrected chi connectivity index (χ2v) is 26.4. The molecule has 0 saturated heterocycles. The fraction of sp³-hybridized carbons (Fsp3) is 0.444. The summed E-state index contributed by atoms with van der Waals surface area (Å²) in [5.41, 5.74) is 1.14. The van der Waals surface area contributed by atoms with Gasteiger partial charge in [0.1, 0.15) is 44.4 Å². The van der Waals surface area contributed by atoms with Crippen molar-refractivity contribution in [1.29, 1.82) is 0 Å². The van der Waals surface area contributed by atoms with Crippen molar-refractivity contribution in [2.75, 3.05) is 75.9 Å². The van der Waals surface area contributed by atoms with Gasteiger partial charge in [-0.05, 0) is 115 Å². The fourth-order valence-electron chi connectivity index (χ4n) is 10.1. The standard InChI is InChI=1S/2C27H31ClF4N4O4S2/c2*1-35(2)23-11-17(27(30,31)32)6-8-21(23)34-22-14-20(29)25(13-19(22)28)42(37,38)36(26-33-9-10-41-26)15-16-5-7-18(39-3)12-24(16)40-4/h2*5,7,9-10,12-14,17,21,23,34H,6,8,11,15H2,1-4H3/t17-,21+,23+;17-,21-,23-/m10/s1. The average Bonchev–Trinajstić information content (AvgIpc) is 1.87. The summed E-state index contributed by atoms with van der Waals surface area (Å²) in [5, 5.41) is 9.33. The van der Waals surface area contributed by atoms with Gasteiger partial charge in [-0.25, -0.2) is 44.2 Å². The number of thiazole rings is 2. The molecule has 16 nitrogen and oxygen atoms in total. The molecule has 84 heavy (non-hydrogen) atoms. The van der Waals surface area contributed by atoms with E-state index in [1.54, 1.807) is 85.1 Å². The Morgan fingerprint density at radius 3 is 1.24 bits per heavy atom. The number of alkyl halides is 6. The molecule has 0 aliphatic heterocycles. The molecular weight excluding hydrogens is 1240 g/mol. The van der Waals surface area contributed by atoms with Gasteiger partial charge in [0, 0.05) is 70.6 Å². The zero-order valence-electron chi connectivity index (χ0n) is 46.6. The molecule has 2 aliphatic carbocycles. The number of sulfonamides is 2. The summed E-state index contributed by atoms with van der Waals surface area (Å²) in [7, 11) is 3.48. The fourth-order valence-corrected chi connectivity index (χ4v) is 15.4. The van der Waals surface area contributed by atoms with Crippen LogP contribution in [-0.4, -0.2) is 130 Å². The van der Waals surface area contributed by atoms with Crippen molar-refractivity contribution in [3.05, 3.63) is 117 Å². The second-order valence-electron chi connectivity index (χ2n) is 20.2. The minimum absolute atomic E-state index is 0.0876. The highest BCUT2D eigenvalue weighted by Gasteiger charge is 2.47. The number of anilines is 4. The Balaban J connectivity index is 0.000000241. The summed E-state index contributed by atoms with van der Waals surface area (Å²) in [6.07, 6.45) is -5.84. The number of hydrogen-bond acceptors (Lipinski definition) is 16. The third-order valence-electron chi connectivity index (χ3n) is 14.6. The molecule has 0 unspecified atom stereocenters. The molecule has 8 rings (SSSR count). The van der Waals surface area contributed by atoms with Crippen molar-refractivity contribution in [3.63, 3.8) is 0 Å². The maximum absolute atomic E-state index is 15.6. The number of aromatic nitrogens is 2. The van der Waals surface area contributed by atoms with Crippen LogP contribution in [-0.2, 0) is 33.1 Å². The van der Waals surface area contributed by atoms with E-state index in [1.807, 2.05) is 0 Å². The number of nitrogens with zero attached hydrogens (tertiary/aromatic N) is 6. The van der Waals surface area contributed by atoms with Gasteiger partial charge in [-0.2, -0.15) is 26.3 Å². The van der Waals surface area contributed by atoms with Crippen LogP contribution < -0.4 is 38.2 Å². The minimum atomic E-state index is -4.54. The van der Waals surface area contributed by atoms with E-state index in [0.29, 0.717) is 34.1 Å². The highest BCUT2D eigenvalue weighted by atomic mass is 35.5. The summed E-state index contributed by atoms with van der Waals surface area (Å²) < 4.78 is 190. The van der Waals surface area contributed by atoms with E-state index < -0.39 is 89.8 Å². The molecule has 2 N–H and O–H groups in total. The Bertz CT molecular complexity index is 3200. The Kier molecular flexibility index (Phi) is 21.5. The normalized spacial score (nSPS) is 19.5. The van der Waals surface area contributed by atoms with Crippen molar-refractivity contribution in [2.24, 2.45) is 11.8 Å². The Morgan fingerprint density at radius 1 is 0.571 bits per heavy atom. The van der Waals surface area contributed by atoms with Crippen molar-refractivity contribution < 1.29 is 70.9 Å². The smallest absolute Gasteiger partial charge is 0.391 e. The molecule has 0 amide bonds. The zero-order valence-corrected chi connectivity index (χ0v) is 51.3. The molecular formula is C54H62Cl2F8N8O8S4. The van der Waals surface area contributed by atoms with Crippen molar-refractivity contribution in [2.45, 2.75) is 97.9 Å². The molecule has 0 spiro atoms. The second kappa shape index (κ2) is 27.4. The van der Waals surface area contributed by atoms with Crippen LogP contribution in [0.1, 0.15) is 49.7 Å². The van der Waals surface area contributed by atoms with Crippen LogP contribution in [0, 0.1) is 23.5 Å². The first-order chi connectivity index (χ1) is 39.5. The van der Waals surface area contributed by atoms with Gasteiger partial charge < -0.3 is 39.4 Å². The maximum Gasteiger partial charge on any atom is 0.391 e. The lowest BCUT2D eigenvalue weighted by Gasteiger charge is -2.41. The van der Waals surface area contributed by atoms with E-state index in [9.17, 15) is 43.2 Å². The van der Waals surface area contributed by atoms with E-state index in [-0.39, 0.29) is 83.3 Å². The van der Waals surface area contributed by atoms with Gasteiger partial charge in [-0.1, -0.05) is 23.2 Å². The molecule has 30 heteroatoms. The number of likely N-dealkylation sites (N-methyl/N-ethyl adjacent to an activating group) is 2. The van der Waals surface area contributed by atoms with Crippen LogP contribution in [0.5, 0.6) is 23.0 Å². The predicted octanol–water partition coefficient (Wildman–Crippen LogP) is 12.8. The molecule has 2 saturated carbocycles. The molecule has 0 radical (unpaired) electrons. The zero-order chi connectivity index (χ0) is 61.6. The van der Waals surface area contributed by atoms with Gasteiger partial charge in [-0.15, -0.1) is 22.7 Å². The quantitative estimate of drug-likeness (QED) is 0.0693. The monoisotopic (exact) mass is 1300 g/mol. The van der Waals surface area contributed by atoms with E-state index in [4.69, 9.17) is 42.1 Å². The van der Waals surface area contributed by atoms with E-state index >= 15 is 8.78 Å². The highest BCUT2D eigenvalue weighted by Crippen LogP contribution is 2.44. The minimum Gasteiger partial charge on any atom is -0.497 e. The average molecular weight is 1300 g/mol. The van der Waals surface area contributed by atoms with Crippen LogP contribution in [0.2, 0.25) is 10.0 Å². The van der Waals surface area contributed by atoms with Crippen molar-refractivity contribution in [1.82, 2.24) is 19.8 Å². The lowest BCUT2D eigenvalue weighted by Crippen LogP contribution is -2.49. The van der Waals surface area contributed by atoms with Crippen LogP contribution in [0.3, 0.4) is 0 Å². The van der Waals surface area contributed by atoms with Crippen molar-refractivity contribution >= 4 is 87.6 Å². The molecule has 2 aliphatic rings. The van der Waals surface area contributed by atoms with Crippen LogP contribution in [0.15, 0.2) is 93.6 Å². The molecule has 4 aromatic carbocycles. The first-order valence-corrected chi connectivity index (χ1v) is 31.1. The number of halogens is 10. The van der Waals surface area contributed by atoms with Gasteiger partial charge in [0.15, 0.2) is 10.3 Å². The van der Waals surface area contributed by atoms with E-state index in [2.05, 4.69) is 20.6 Å². The van der Waals surface area contributed by atoms with E-state index in [0.717, 1.165) is 55.5 Å². The number of hydrogen-bond donors (Lipinski definition) is 2. The Labute approximate surface area is 500 Å². The van der Waals surface area contributed by atoms with Crippen LogP contribution in [0.25, 0.3) is 0 Å². The molecule has 6 atom stereocenters. The van der Waals surface area contributed by atoms with Crippen LogP contribution in [0.4, 0.5) is 56.8 Å². The SMILES string of the molecule is COc1ccc(CN(c2nccs2)S(=O)(=O)c2cc(Cl)c(N[C@H]3CC[C@@H](C(F)(F)F)C[C@@H]3N(C)C)cc2F)c(OC)c1.COc1ccc(CN(c2nccs2)S(=O)(=O)c2cc(Cl)c(N[C@H]3CC[C@H](C(F)(F)F)C[C@@H]3N(C)C)cc2F)c(OC)c1. The molecule has 2 heterocycles. The van der Waals surface area contributed by atoms with Gasteiger partial charge in [0.2, 0.25) is 0 Å². The summed E-state index contributed by atoms with van der Waals surface area (Å²) in [6.45, 7) is -0.458. The number of benzene rings is 4. The molecule has 2 aromatic heterocycles. The van der Waals surface area contributed by atoms with Gasteiger partial charge in [-0.3, -0.25) is 0 Å². The molecule has 2 fully saturated rings. The topological polar surface area (TPSA) is 168 Å². The third kappa shape index (κ3) is 15.3. The summed E-state index contributed by atoms with van der Waals surface area (Å²) >= 11 is 15.1. The lowest BCUT2D eigenvalue weighted by atomic mass is 9.81. The first-order valence-electron chi connectivity index (χ1n) is 25.8. The molecule has 6 aromatic rings. The summed E-state index contributed by atoms with van der Waals surface area (Å²) in [5.74, 6) is -3.30. The van der Waals surface area contributed by atoms with Gasteiger partial charge in [0.25, 0.3) is 20.0 Å². The Morgan fingerprint density at radius 2 is 0.940 bits per heavy atom. The number of nitrogens with one attached hydrogen (secondary N) is 2. The first kappa shape index (κ1) is 65.9. The summed E-state index contributed by atoms with van der Waals surface area (Å²) in [6, 6.07) is 11.8. The van der Waals surface area contributed by atoms with Crippen molar-refractivity contribution in [3.8, 4) is 23.0 Å². The summed E-state index contributed by atoms with van der Waals surface area (Å²) in [4.78, 5) is 10.3. The predicted molar refractivity (Wildman–Crippen MR) is 309 cm³/mol. The largest absolute Gasteiger partial charge is 0.497 e. The van der Waals surface area contributed by atoms with E-state index in [1.165, 1.54) is 40.8 Å². The molecule has 0 bridgehead atoms. The Hall–Kier alpha value is -5.62. The van der Waals surface area contributed by atoms with Crippen LogP contribution >= 0.6 is 45.9 Å². The highest BCUT2D eigenvalue weighted by molar-refractivity contribution is 7.93. The number of ether oxygens (including phenoxy) is 4.